The van der Waals surface area contributed by atoms with Gasteiger partial charge in [0.15, 0.2) is 0 Å². The number of nitrogens with zero attached hydrogens (tertiary/aromatic N) is 1. The summed E-state index contributed by atoms with van der Waals surface area (Å²) in [5, 5.41) is 9.35. The van der Waals surface area contributed by atoms with Crippen molar-refractivity contribution in [2.24, 2.45) is 23.0 Å². The highest BCUT2D eigenvalue weighted by Gasteiger charge is 2.48. The molecule has 1 heterocycles. The topological polar surface area (TPSA) is 83.6 Å². The van der Waals surface area contributed by atoms with Crippen molar-refractivity contribution in [1.29, 1.82) is 0 Å². The minimum absolute atomic E-state index is 0.00676. The van der Waals surface area contributed by atoms with E-state index in [9.17, 15) is 14.7 Å². The molecule has 5 heteroatoms. The molecular formula is C15H26N2O3. The molecule has 1 aliphatic carbocycles. The van der Waals surface area contributed by atoms with Gasteiger partial charge in [0.2, 0.25) is 5.91 Å². The number of carbonyl (C=O) groups is 2. The fraction of sp³-hybridized carbons (Fsp3) is 0.867. The normalized spacial score (nSPS) is 27.0. The molecule has 2 fully saturated rings. The lowest BCUT2D eigenvalue weighted by molar-refractivity contribution is -0.154. The van der Waals surface area contributed by atoms with Crippen LogP contribution in [0.3, 0.4) is 0 Å². The van der Waals surface area contributed by atoms with E-state index < -0.39 is 16.9 Å². The SMILES string of the molecule is CC(C)(C(=O)O)C1CCCN(C(=O)C(C)(N)C2CC2)C1. The predicted molar refractivity (Wildman–Crippen MR) is 76.0 cm³/mol. The molecule has 2 unspecified atom stereocenters. The van der Waals surface area contributed by atoms with E-state index >= 15 is 0 Å². The molecule has 0 aromatic carbocycles. The van der Waals surface area contributed by atoms with Crippen molar-refractivity contribution in [1.82, 2.24) is 4.90 Å². The van der Waals surface area contributed by atoms with Gasteiger partial charge in [-0.2, -0.15) is 0 Å². The Hall–Kier alpha value is -1.10. The summed E-state index contributed by atoms with van der Waals surface area (Å²) in [6.07, 6.45) is 3.76. The van der Waals surface area contributed by atoms with Crippen molar-refractivity contribution >= 4 is 11.9 Å². The van der Waals surface area contributed by atoms with E-state index in [0.717, 1.165) is 25.7 Å². The Morgan fingerprint density at radius 3 is 2.25 bits per heavy atom. The molecule has 0 spiro atoms. The molecular weight excluding hydrogens is 256 g/mol. The van der Waals surface area contributed by atoms with Crippen molar-refractivity contribution in [2.75, 3.05) is 13.1 Å². The van der Waals surface area contributed by atoms with E-state index in [1.54, 1.807) is 18.7 Å². The van der Waals surface area contributed by atoms with E-state index in [0.29, 0.717) is 19.0 Å². The van der Waals surface area contributed by atoms with E-state index in [1.165, 1.54) is 0 Å². The number of hydrogen-bond acceptors (Lipinski definition) is 3. The van der Waals surface area contributed by atoms with Crippen LogP contribution in [0.4, 0.5) is 0 Å². The number of carbonyl (C=O) groups excluding carboxylic acids is 1. The molecule has 0 radical (unpaired) electrons. The second-order valence-corrected chi connectivity index (χ2v) is 7.17. The Morgan fingerprint density at radius 1 is 1.15 bits per heavy atom. The maximum absolute atomic E-state index is 12.6. The molecule has 0 aromatic heterocycles. The zero-order valence-corrected chi connectivity index (χ0v) is 12.7. The first-order valence-electron chi connectivity index (χ1n) is 7.49. The lowest BCUT2D eigenvalue weighted by atomic mass is 9.74. The zero-order valence-electron chi connectivity index (χ0n) is 12.7. The Bertz CT molecular complexity index is 413. The zero-order chi connectivity index (χ0) is 15.1. The summed E-state index contributed by atoms with van der Waals surface area (Å²) in [6.45, 7) is 6.52. The van der Waals surface area contributed by atoms with Gasteiger partial charge in [-0.15, -0.1) is 0 Å². The second kappa shape index (κ2) is 5.02. The van der Waals surface area contributed by atoms with Crippen molar-refractivity contribution < 1.29 is 14.7 Å². The van der Waals surface area contributed by atoms with Crippen LogP contribution in [-0.4, -0.2) is 40.5 Å². The molecule has 0 bridgehead atoms. The minimum atomic E-state index is -0.802. The van der Waals surface area contributed by atoms with E-state index in [-0.39, 0.29) is 11.8 Å². The van der Waals surface area contributed by atoms with E-state index in [1.807, 2.05) is 6.92 Å². The number of nitrogens with two attached hydrogens (primary N) is 1. The fourth-order valence-electron chi connectivity index (χ4n) is 3.12. The van der Waals surface area contributed by atoms with Crippen LogP contribution in [0.15, 0.2) is 0 Å². The van der Waals surface area contributed by atoms with Gasteiger partial charge in [0.25, 0.3) is 0 Å². The highest BCUT2D eigenvalue weighted by atomic mass is 16.4. The molecule has 2 aliphatic rings. The molecule has 114 valence electrons. The summed E-state index contributed by atoms with van der Waals surface area (Å²) in [6, 6.07) is 0. The number of amides is 1. The smallest absolute Gasteiger partial charge is 0.309 e. The summed E-state index contributed by atoms with van der Waals surface area (Å²) in [7, 11) is 0. The summed E-state index contributed by atoms with van der Waals surface area (Å²) >= 11 is 0. The molecule has 2 atom stereocenters. The average molecular weight is 282 g/mol. The third-order valence-electron chi connectivity index (χ3n) is 5.17. The number of piperidine rings is 1. The van der Waals surface area contributed by atoms with Gasteiger partial charge in [0.1, 0.15) is 0 Å². The highest BCUT2D eigenvalue weighted by molar-refractivity contribution is 5.86. The summed E-state index contributed by atoms with van der Waals surface area (Å²) in [4.78, 5) is 25.8. The van der Waals surface area contributed by atoms with Crippen LogP contribution >= 0.6 is 0 Å². The maximum atomic E-state index is 12.6. The van der Waals surface area contributed by atoms with Gasteiger partial charge in [-0.25, -0.2) is 0 Å². The first kappa shape index (κ1) is 15.3. The van der Waals surface area contributed by atoms with Crippen LogP contribution in [0.25, 0.3) is 0 Å². The number of likely N-dealkylation sites (tertiary alicyclic amines) is 1. The summed E-state index contributed by atoms with van der Waals surface area (Å²) in [5.41, 5.74) is 4.62. The maximum Gasteiger partial charge on any atom is 0.309 e. The fourth-order valence-corrected chi connectivity index (χ4v) is 3.12. The molecule has 1 aliphatic heterocycles. The largest absolute Gasteiger partial charge is 0.481 e. The lowest BCUT2D eigenvalue weighted by Gasteiger charge is -2.41. The van der Waals surface area contributed by atoms with Gasteiger partial charge < -0.3 is 15.7 Å². The monoisotopic (exact) mass is 282 g/mol. The third kappa shape index (κ3) is 2.68. The van der Waals surface area contributed by atoms with Crippen LogP contribution in [0, 0.1) is 17.3 Å². The first-order valence-corrected chi connectivity index (χ1v) is 7.49. The lowest BCUT2D eigenvalue weighted by Crippen LogP contribution is -2.58. The number of hydrogen-bond donors (Lipinski definition) is 2. The highest BCUT2D eigenvalue weighted by Crippen LogP contribution is 2.40. The molecule has 0 aromatic rings. The van der Waals surface area contributed by atoms with Gasteiger partial charge in [0.05, 0.1) is 11.0 Å². The van der Waals surface area contributed by atoms with Crippen molar-refractivity contribution in [3.63, 3.8) is 0 Å². The molecule has 2 rings (SSSR count). The van der Waals surface area contributed by atoms with E-state index in [2.05, 4.69) is 0 Å². The Labute approximate surface area is 120 Å². The number of rotatable bonds is 4. The van der Waals surface area contributed by atoms with Gasteiger partial charge in [-0.05, 0) is 58.3 Å². The van der Waals surface area contributed by atoms with Crippen molar-refractivity contribution in [3.05, 3.63) is 0 Å². The van der Waals surface area contributed by atoms with Gasteiger partial charge in [-0.3, -0.25) is 9.59 Å². The minimum Gasteiger partial charge on any atom is -0.481 e. The van der Waals surface area contributed by atoms with Gasteiger partial charge in [-0.1, -0.05) is 0 Å². The standard InChI is InChI=1S/C15H26N2O3/c1-14(2,13(19)20)11-5-4-8-17(9-11)12(18)15(3,16)10-6-7-10/h10-11H,4-9,16H2,1-3H3,(H,19,20). The van der Waals surface area contributed by atoms with Crippen LogP contribution in [0.5, 0.6) is 0 Å². The molecule has 1 amide bonds. The second-order valence-electron chi connectivity index (χ2n) is 7.17. The van der Waals surface area contributed by atoms with Crippen molar-refractivity contribution in [2.45, 2.75) is 52.0 Å². The summed E-state index contributed by atoms with van der Waals surface area (Å²) < 4.78 is 0. The molecule has 1 saturated carbocycles. The van der Waals surface area contributed by atoms with Crippen molar-refractivity contribution in [3.8, 4) is 0 Å². The summed E-state index contributed by atoms with van der Waals surface area (Å²) in [5.74, 6) is -0.518. The molecule has 3 N–H and O–H groups in total. The molecule has 1 saturated heterocycles. The van der Waals surface area contributed by atoms with Gasteiger partial charge >= 0.3 is 5.97 Å². The molecule has 5 nitrogen and oxygen atoms in total. The Morgan fingerprint density at radius 2 is 1.75 bits per heavy atom. The van der Waals surface area contributed by atoms with Crippen LogP contribution in [0.1, 0.15) is 46.5 Å². The molecule has 20 heavy (non-hydrogen) atoms. The first-order chi connectivity index (χ1) is 9.17. The van der Waals surface area contributed by atoms with Gasteiger partial charge in [0, 0.05) is 13.1 Å². The van der Waals surface area contributed by atoms with Crippen LogP contribution < -0.4 is 5.73 Å². The average Bonchev–Trinajstić information content (AvgIpc) is 3.22. The van der Waals surface area contributed by atoms with Crippen LogP contribution in [-0.2, 0) is 9.59 Å². The Kier molecular flexibility index (Phi) is 3.84. The quantitative estimate of drug-likeness (QED) is 0.817. The third-order valence-corrected chi connectivity index (χ3v) is 5.17. The number of carboxylic acid groups (broad SMARTS) is 1. The predicted octanol–water partition coefficient (Wildman–Crippen LogP) is 1.46. The number of carboxylic acids is 1. The van der Waals surface area contributed by atoms with Crippen LogP contribution in [0.2, 0.25) is 0 Å². The number of aliphatic carboxylic acids is 1. The van der Waals surface area contributed by atoms with E-state index in [4.69, 9.17) is 5.73 Å². The Balaban J connectivity index is 2.07.